The van der Waals surface area contributed by atoms with Crippen LogP contribution in [0, 0.1) is 0 Å². The number of carbonyl (C=O) groups is 2. The summed E-state index contributed by atoms with van der Waals surface area (Å²) in [5, 5.41) is 12.7. The van der Waals surface area contributed by atoms with Crippen LogP contribution in [0.25, 0.3) is 11.1 Å². The summed E-state index contributed by atoms with van der Waals surface area (Å²) in [7, 11) is 0. The molecule has 8 heteroatoms. The van der Waals surface area contributed by atoms with Crippen molar-refractivity contribution in [3.8, 4) is 16.9 Å². The van der Waals surface area contributed by atoms with Crippen LogP contribution in [0.15, 0.2) is 89.3 Å². The largest absolute Gasteiger partial charge is 0.486 e. The number of hydrogen-bond acceptors (Lipinski definition) is 5. The molecule has 1 atom stereocenters. The standard InChI is InChI=1S/C29H24ClNO6/c30-18-9-11-19(12-10-18)35-16-21-14-13-20(37-21)15-27(28(32)33)31-29(34)36-17-26-24-7-3-1-5-22(24)23-6-2-4-8-25(23)26/h1-14,26-27H,15-17H2,(H,31,34)(H,32,33). The fourth-order valence-electron chi connectivity index (χ4n) is 4.48. The Labute approximate surface area is 218 Å². The summed E-state index contributed by atoms with van der Waals surface area (Å²) < 4.78 is 16.8. The van der Waals surface area contributed by atoms with Crippen LogP contribution in [-0.4, -0.2) is 29.8 Å². The van der Waals surface area contributed by atoms with Gasteiger partial charge in [-0.25, -0.2) is 9.59 Å². The van der Waals surface area contributed by atoms with Crippen LogP contribution in [0.2, 0.25) is 5.02 Å². The Morgan fingerprint density at radius 1 is 0.892 bits per heavy atom. The molecule has 1 amide bonds. The number of halogens is 1. The molecule has 1 aliphatic rings. The molecule has 188 valence electrons. The summed E-state index contributed by atoms with van der Waals surface area (Å²) in [5.41, 5.74) is 4.39. The van der Waals surface area contributed by atoms with Gasteiger partial charge in [-0.3, -0.25) is 0 Å². The van der Waals surface area contributed by atoms with Crippen molar-refractivity contribution in [2.45, 2.75) is 25.0 Å². The number of benzene rings is 3. The molecule has 5 rings (SSSR count). The molecule has 2 N–H and O–H groups in total. The third kappa shape index (κ3) is 5.62. The number of carboxylic acid groups (broad SMARTS) is 1. The van der Waals surface area contributed by atoms with E-state index in [2.05, 4.69) is 5.32 Å². The van der Waals surface area contributed by atoms with E-state index in [0.717, 1.165) is 22.3 Å². The first-order chi connectivity index (χ1) is 18.0. The van der Waals surface area contributed by atoms with Crippen LogP contribution in [0.4, 0.5) is 4.79 Å². The second kappa shape index (κ2) is 10.8. The fraction of sp³-hybridized carbons (Fsp3) is 0.172. The van der Waals surface area contributed by atoms with Crippen molar-refractivity contribution in [3.05, 3.63) is 113 Å². The fourth-order valence-corrected chi connectivity index (χ4v) is 4.60. The Hall–Kier alpha value is -4.23. The smallest absolute Gasteiger partial charge is 0.407 e. The lowest BCUT2D eigenvalue weighted by atomic mass is 9.98. The van der Waals surface area contributed by atoms with Crippen molar-refractivity contribution >= 4 is 23.7 Å². The Balaban J connectivity index is 1.17. The molecule has 1 aliphatic carbocycles. The topological polar surface area (TPSA) is 98.0 Å². The van der Waals surface area contributed by atoms with Crippen LogP contribution in [-0.2, 0) is 22.6 Å². The Kier molecular flexibility index (Phi) is 7.14. The first-order valence-electron chi connectivity index (χ1n) is 11.8. The highest BCUT2D eigenvalue weighted by Crippen LogP contribution is 2.44. The van der Waals surface area contributed by atoms with E-state index in [1.165, 1.54) is 0 Å². The summed E-state index contributed by atoms with van der Waals surface area (Å²) in [6.07, 6.45) is -0.840. The molecule has 4 aromatic rings. The third-order valence-corrected chi connectivity index (χ3v) is 6.50. The van der Waals surface area contributed by atoms with E-state index < -0.39 is 18.1 Å². The maximum atomic E-state index is 12.6. The summed E-state index contributed by atoms with van der Waals surface area (Å²) in [4.78, 5) is 24.4. The van der Waals surface area contributed by atoms with Crippen LogP contribution < -0.4 is 10.1 Å². The number of ether oxygens (including phenoxy) is 2. The van der Waals surface area contributed by atoms with Crippen LogP contribution >= 0.6 is 11.6 Å². The van der Waals surface area contributed by atoms with Gasteiger partial charge in [0, 0.05) is 17.4 Å². The van der Waals surface area contributed by atoms with Gasteiger partial charge in [-0.05, 0) is 58.7 Å². The SMILES string of the molecule is O=C(NC(Cc1ccc(COc2ccc(Cl)cc2)o1)C(=O)O)OCC1c2ccccc2-c2ccccc21. The number of nitrogens with one attached hydrogen (secondary N) is 1. The Morgan fingerprint density at radius 2 is 1.51 bits per heavy atom. The molecule has 3 aromatic carbocycles. The number of aliphatic carboxylic acids is 1. The number of hydrogen-bond donors (Lipinski definition) is 2. The minimum absolute atomic E-state index is 0.0412. The summed E-state index contributed by atoms with van der Waals surface area (Å²) in [6, 6.07) is 25.1. The molecule has 0 aliphatic heterocycles. The van der Waals surface area contributed by atoms with Gasteiger partial charge in [0.1, 0.15) is 36.5 Å². The molecule has 37 heavy (non-hydrogen) atoms. The van der Waals surface area contributed by atoms with Crippen molar-refractivity contribution in [1.82, 2.24) is 5.32 Å². The predicted molar refractivity (Wildman–Crippen MR) is 138 cm³/mol. The van der Waals surface area contributed by atoms with Gasteiger partial charge in [-0.2, -0.15) is 0 Å². The van der Waals surface area contributed by atoms with Crippen LogP contribution in [0.5, 0.6) is 5.75 Å². The number of carbonyl (C=O) groups excluding carboxylic acids is 1. The lowest BCUT2D eigenvalue weighted by Gasteiger charge is -2.17. The molecule has 0 saturated heterocycles. The van der Waals surface area contributed by atoms with Gasteiger partial charge in [0.25, 0.3) is 0 Å². The molecule has 1 aromatic heterocycles. The molecule has 7 nitrogen and oxygen atoms in total. The first kappa shape index (κ1) is 24.5. The third-order valence-electron chi connectivity index (χ3n) is 6.25. The number of rotatable bonds is 9. The zero-order valence-corrected chi connectivity index (χ0v) is 20.5. The quantitative estimate of drug-likeness (QED) is 0.280. The molecule has 0 fully saturated rings. The van der Waals surface area contributed by atoms with Crippen molar-refractivity contribution in [2.24, 2.45) is 0 Å². The van der Waals surface area contributed by atoms with E-state index in [1.807, 2.05) is 48.5 Å². The molecular formula is C29H24ClNO6. The number of fused-ring (bicyclic) bond motifs is 3. The Morgan fingerprint density at radius 3 is 2.16 bits per heavy atom. The maximum absolute atomic E-state index is 12.6. The second-order valence-corrected chi connectivity index (χ2v) is 9.11. The monoisotopic (exact) mass is 517 g/mol. The van der Waals surface area contributed by atoms with E-state index in [1.54, 1.807) is 36.4 Å². The molecule has 1 heterocycles. The number of alkyl carbamates (subject to hydrolysis) is 1. The molecule has 0 bridgehead atoms. The highest BCUT2D eigenvalue weighted by Gasteiger charge is 2.30. The zero-order valence-electron chi connectivity index (χ0n) is 19.7. The zero-order chi connectivity index (χ0) is 25.8. The van der Waals surface area contributed by atoms with E-state index in [0.29, 0.717) is 22.3 Å². The van der Waals surface area contributed by atoms with Gasteiger partial charge in [0.15, 0.2) is 0 Å². The highest BCUT2D eigenvalue weighted by molar-refractivity contribution is 6.30. The summed E-state index contributed by atoms with van der Waals surface area (Å²) in [6.45, 7) is 0.262. The van der Waals surface area contributed by atoms with Crippen molar-refractivity contribution in [1.29, 1.82) is 0 Å². The molecule has 0 radical (unpaired) electrons. The summed E-state index contributed by atoms with van der Waals surface area (Å²) >= 11 is 5.87. The van der Waals surface area contributed by atoms with Crippen molar-refractivity contribution in [2.75, 3.05) is 6.61 Å². The first-order valence-corrected chi connectivity index (χ1v) is 12.2. The predicted octanol–water partition coefficient (Wildman–Crippen LogP) is 6.05. The van der Waals surface area contributed by atoms with Gasteiger partial charge >= 0.3 is 12.1 Å². The van der Waals surface area contributed by atoms with Gasteiger partial charge < -0.3 is 24.3 Å². The average molecular weight is 518 g/mol. The normalized spacial score (nSPS) is 12.9. The molecule has 1 unspecified atom stereocenters. The molecule has 0 saturated carbocycles. The Bertz CT molecular complexity index is 1370. The van der Waals surface area contributed by atoms with E-state index in [4.69, 9.17) is 25.5 Å². The van der Waals surface area contributed by atoms with Crippen LogP contribution in [0.3, 0.4) is 0 Å². The van der Waals surface area contributed by atoms with Crippen LogP contribution in [0.1, 0.15) is 28.6 Å². The summed E-state index contributed by atoms with van der Waals surface area (Å²) in [5.74, 6) is 0.248. The van der Waals surface area contributed by atoms with Crippen molar-refractivity contribution in [3.63, 3.8) is 0 Å². The van der Waals surface area contributed by atoms with Gasteiger partial charge in [0.05, 0.1) is 0 Å². The average Bonchev–Trinajstić information content (AvgIpc) is 3.49. The van der Waals surface area contributed by atoms with E-state index in [9.17, 15) is 14.7 Å². The number of carboxylic acids is 1. The molecular weight excluding hydrogens is 494 g/mol. The van der Waals surface area contributed by atoms with E-state index in [-0.39, 0.29) is 25.6 Å². The van der Waals surface area contributed by atoms with Crippen molar-refractivity contribution < 1.29 is 28.6 Å². The minimum Gasteiger partial charge on any atom is -0.486 e. The lowest BCUT2D eigenvalue weighted by Crippen LogP contribution is -2.42. The van der Waals surface area contributed by atoms with Gasteiger partial charge in [-0.1, -0.05) is 60.1 Å². The lowest BCUT2D eigenvalue weighted by molar-refractivity contribution is -0.139. The highest BCUT2D eigenvalue weighted by atomic mass is 35.5. The number of amides is 1. The van der Waals surface area contributed by atoms with Gasteiger partial charge in [0.2, 0.25) is 0 Å². The maximum Gasteiger partial charge on any atom is 0.407 e. The van der Waals surface area contributed by atoms with E-state index >= 15 is 0 Å². The molecule has 0 spiro atoms. The van der Waals surface area contributed by atoms with Gasteiger partial charge in [-0.15, -0.1) is 0 Å². The number of furan rings is 1. The second-order valence-electron chi connectivity index (χ2n) is 8.68. The minimum atomic E-state index is -1.22.